The van der Waals surface area contributed by atoms with Crippen molar-refractivity contribution in [3.05, 3.63) is 48.0 Å². The van der Waals surface area contributed by atoms with Crippen molar-refractivity contribution in [2.75, 3.05) is 0 Å². The average Bonchev–Trinajstić information content (AvgIpc) is 2.49. The quantitative estimate of drug-likeness (QED) is 0.621. The molecule has 0 aliphatic heterocycles. The third-order valence-electron chi connectivity index (χ3n) is 1.46. The van der Waals surface area contributed by atoms with E-state index in [4.69, 9.17) is 4.42 Å². The topological polar surface area (TPSA) is 13.1 Å². The molecule has 0 amide bonds. The third kappa shape index (κ3) is 3.24. The third-order valence-corrected chi connectivity index (χ3v) is 1.46. The zero-order valence-corrected chi connectivity index (χ0v) is 7.58. The summed E-state index contributed by atoms with van der Waals surface area (Å²) in [6.45, 7) is 4.16. The fourth-order valence-electron chi connectivity index (χ4n) is 0.873. The Morgan fingerprint density at radius 1 is 1.50 bits per heavy atom. The van der Waals surface area contributed by atoms with E-state index in [-0.39, 0.29) is 0 Å². The Kier molecular flexibility index (Phi) is 3.39. The van der Waals surface area contributed by atoms with E-state index in [0.29, 0.717) is 0 Å². The van der Waals surface area contributed by atoms with Crippen molar-refractivity contribution >= 4 is 0 Å². The van der Waals surface area contributed by atoms with E-state index in [9.17, 15) is 0 Å². The van der Waals surface area contributed by atoms with Crippen molar-refractivity contribution in [2.45, 2.75) is 20.3 Å². The van der Waals surface area contributed by atoms with E-state index in [1.165, 1.54) is 5.57 Å². The molecule has 1 heteroatoms. The van der Waals surface area contributed by atoms with Crippen molar-refractivity contribution < 1.29 is 4.42 Å². The molecule has 0 aliphatic carbocycles. The first kappa shape index (κ1) is 8.85. The summed E-state index contributed by atoms with van der Waals surface area (Å²) < 4.78 is 5.17. The first-order chi connectivity index (χ1) is 5.79. The van der Waals surface area contributed by atoms with E-state index < -0.39 is 0 Å². The van der Waals surface area contributed by atoms with Crippen LogP contribution in [-0.2, 0) is 6.42 Å². The fraction of sp³-hybridized carbons (Fsp3) is 0.273. The number of furan rings is 1. The smallest absolute Gasteiger partial charge is 0.107 e. The molecule has 0 atom stereocenters. The van der Waals surface area contributed by atoms with Gasteiger partial charge in [0.25, 0.3) is 0 Å². The summed E-state index contributed by atoms with van der Waals surface area (Å²) in [5, 5.41) is 0. The lowest BCUT2D eigenvalue weighted by Gasteiger charge is -1.86. The molecule has 1 nitrogen and oxygen atoms in total. The molecule has 0 saturated carbocycles. The van der Waals surface area contributed by atoms with Gasteiger partial charge in [-0.2, -0.15) is 0 Å². The van der Waals surface area contributed by atoms with Gasteiger partial charge in [0.1, 0.15) is 5.76 Å². The highest BCUT2D eigenvalue weighted by Gasteiger charge is 1.88. The van der Waals surface area contributed by atoms with Gasteiger partial charge in [0, 0.05) is 6.42 Å². The number of rotatable bonds is 3. The Balaban J connectivity index is 2.36. The Labute approximate surface area is 73.4 Å². The van der Waals surface area contributed by atoms with Crippen LogP contribution in [0.5, 0.6) is 0 Å². The molecule has 1 aromatic rings. The van der Waals surface area contributed by atoms with Crippen LogP contribution in [0.4, 0.5) is 0 Å². The minimum Gasteiger partial charge on any atom is -0.469 e. The summed E-state index contributed by atoms with van der Waals surface area (Å²) >= 11 is 0. The molecule has 12 heavy (non-hydrogen) atoms. The van der Waals surface area contributed by atoms with Crippen LogP contribution in [-0.4, -0.2) is 0 Å². The van der Waals surface area contributed by atoms with Gasteiger partial charge in [0.2, 0.25) is 0 Å². The highest BCUT2D eigenvalue weighted by atomic mass is 16.3. The molecule has 1 aromatic heterocycles. The van der Waals surface area contributed by atoms with Crippen LogP contribution in [0.3, 0.4) is 0 Å². The van der Waals surface area contributed by atoms with Gasteiger partial charge in [-0.15, -0.1) is 0 Å². The summed E-state index contributed by atoms with van der Waals surface area (Å²) in [7, 11) is 0. The summed E-state index contributed by atoms with van der Waals surface area (Å²) in [4.78, 5) is 0. The van der Waals surface area contributed by atoms with E-state index in [2.05, 4.69) is 32.1 Å². The Bertz CT molecular complexity index is 261. The van der Waals surface area contributed by atoms with Crippen LogP contribution in [0.2, 0.25) is 0 Å². The first-order valence-corrected chi connectivity index (χ1v) is 4.11. The molecule has 1 heterocycles. The molecular weight excluding hydrogens is 148 g/mol. The molecule has 0 spiro atoms. The highest BCUT2D eigenvalue weighted by molar-refractivity contribution is 5.11. The first-order valence-electron chi connectivity index (χ1n) is 4.11. The molecule has 0 bridgehead atoms. The van der Waals surface area contributed by atoms with Crippen molar-refractivity contribution in [1.82, 2.24) is 0 Å². The lowest BCUT2D eigenvalue weighted by Crippen LogP contribution is -1.72. The molecular formula is C11H14O. The second-order valence-electron chi connectivity index (χ2n) is 2.96. The fourth-order valence-corrected chi connectivity index (χ4v) is 0.873. The van der Waals surface area contributed by atoms with Gasteiger partial charge in [-0.3, -0.25) is 0 Å². The molecule has 0 aliphatic rings. The van der Waals surface area contributed by atoms with Crippen molar-refractivity contribution in [3.8, 4) is 0 Å². The standard InChI is InChI=1S/C11H14O/c1-10(2)6-3-4-7-11-8-5-9-12-11/h3-6,8-9H,7H2,1-2H3/b4-3+. The number of hydrogen-bond donors (Lipinski definition) is 0. The van der Waals surface area contributed by atoms with Gasteiger partial charge >= 0.3 is 0 Å². The van der Waals surface area contributed by atoms with Crippen LogP contribution in [0.15, 0.2) is 46.6 Å². The van der Waals surface area contributed by atoms with Crippen molar-refractivity contribution in [2.24, 2.45) is 0 Å². The van der Waals surface area contributed by atoms with E-state index in [1.807, 2.05) is 12.1 Å². The Morgan fingerprint density at radius 3 is 2.92 bits per heavy atom. The molecule has 1 rings (SSSR count). The van der Waals surface area contributed by atoms with Gasteiger partial charge in [0.05, 0.1) is 6.26 Å². The SMILES string of the molecule is CC(C)=C/C=C/Cc1ccco1. The van der Waals surface area contributed by atoms with Gasteiger partial charge in [-0.1, -0.05) is 23.8 Å². The minimum atomic E-state index is 0.872. The Morgan fingerprint density at radius 2 is 2.33 bits per heavy atom. The van der Waals surface area contributed by atoms with Gasteiger partial charge in [-0.25, -0.2) is 0 Å². The molecule has 0 radical (unpaired) electrons. The van der Waals surface area contributed by atoms with Crippen LogP contribution in [0, 0.1) is 0 Å². The van der Waals surface area contributed by atoms with Gasteiger partial charge in [-0.05, 0) is 26.0 Å². The predicted octanol–water partition coefficient (Wildman–Crippen LogP) is 3.34. The van der Waals surface area contributed by atoms with Crippen molar-refractivity contribution in [1.29, 1.82) is 0 Å². The highest BCUT2D eigenvalue weighted by Crippen LogP contribution is 2.01. The van der Waals surface area contributed by atoms with E-state index in [0.717, 1.165) is 12.2 Å². The zero-order valence-electron chi connectivity index (χ0n) is 7.58. The molecule has 0 aromatic carbocycles. The average molecular weight is 162 g/mol. The maximum atomic E-state index is 5.17. The molecule has 0 unspecified atom stereocenters. The largest absolute Gasteiger partial charge is 0.469 e. The maximum Gasteiger partial charge on any atom is 0.107 e. The lowest BCUT2D eigenvalue weighted by atomic mass is 10.2. The Hall–Kier alpha value is -1.24. The molecule has 0 N–H and O–H groups in total. The van der Waals surface area contributed by atoms with Crippen molar-refractivity contribution in [3.63, 3.8) is 0 Å². The number of allylic oxidation sites excluding steroid dienone is 4. The molecule has 0 saturated heterocycles. The second-order valence-corrected chi connectivity index (χ2v) is 2.96. The molecule has 64 valence electrons. The summed E-state index contributed by atoms with van der Waals surface area (Å²) in [5.41, 5.74) is 1.31. The van der Waals surface area contributed by atoms with Crippen LogP contribution >= 0.6 is 0 Å². The second kappa shape index (κ2) is 4.60. The summed E-state index contributed by atoms with van der Waals surface area (Å²) in [6.07, 6.45) is 8.80. The number of hydrogen-bond acceptors (Lipinski definition) is 1. The monoisotopic (exact) mass is 162 g/mol. The maximum absolute atomic E-state index is 5.17. The van der Waals surface area contributed by atoms with Crippen LogP contribution < -0.4 is 0 Å². The van der Waals surface area contributed by atoms with Crippen LogP contribution in [0.1, 0.15) is 19.6 Å². The van der Waals surface area contributed by atoms with E-state index in [1.54, 1.807) is 6.26 Å². The predicted molar refractivity (Wildman–Crippen MR) is 51.0 cm³/mol. The van der Waals surface area contributed by atoms with Crippen LogP contribution in [0.25, 0.3) is 0 Å². The normalized spacial score (nSPS) is 10.5. The van der Waals surface area contributed by atoms with Gasteiger partial charge in [0.15, 0.2) is 0 Å². The summed E-state index contributed by atoms with van der Waals surface area (Å²) in [6, 6.07) is 3.89. The van der Waals surface area contributed by atoms with E-state index >= 15 is 0 Å². The zero-order chi connectivity index (χ0) is 8.81. The summed E-state index contributed by atoms with van der Waals surface area (Å²) in [5.74, 6) is 1.01. The lowest BCUT2D eigenvalue weighted by molar-refractivity contribution is 0.523. The molecule has 0 fully saturated rings. The van der Waals surface area contributed by atoms with Gasteiger partial charge < -0.3 is 4.42 Å². The minimum absolute atomic E-state index is 0.872.